The summed E-state index contributed by atoms with van der Waals surface area (Å²) in [5.41, 5.74) is 1.62. The molecule has 1 heterocycles. The van der Waals surface area contributed by atoms with Gasteiger partial charge in [-0.25, -0.2) is 0 Å². The van der Waals surface area contributed by atoms with Crippen molar-refractivity contribution in [3.8, 4) is 11.5 Å². The molecule has 2 N–H and O–H groups in total. The van der Waals surface area contributed by atoms with Crippen LogP contribution < -0.4 is 20.1 Å². The van der Waals surface area contributed by atoms with E-state index in [4.69, 9.17) is 14.2 Å². The van der Waals surface area contributed by atoms with Crippen LogP contribution in [0.25, 0.3) is 0 Å². The van der Waals surface area contributed by atoms with Crippen LogP contribution in [0.15, 0.2) is 48.5 Å². The Labute approximate surface area is 174 Å². The number of nitrogens with one attached hydrogen (secondary N) is 2. The predicted molar refractivity (Wildman–Crippen MR) is 108 cm³/mol. The molecule has 158 valence electrons. The van der Waals surface area contributed by atoms with Gasteiger partial charge in [-0.05, 0) is 30.2 Å². The van der Waals surface area contributed by atoms with Crippen molar-refractivity contribution in [2.24, 2.45) is 0 Å². The Morgan fingerprint density at radius 3 is 2.53 bits per heavy atom. The molecule has 8 heteroatoms. The Hall–Kier alpha value is -3.55. The third-order valence-electron chi connectivity index (χ3n) is 4.53. The number of benzene rings is 2. The zero-order valence-electron chi connectivity index (χ0n) is 16.8. The molecule has 0 saturated heterocycles. The van der Waals surface area contributed by atoms with E-state index in [-0.39, 0.29) is 25.7 Å². The minimum atomic E-state index is -0.972. The second kappa shape index (κ2) is 9.78. The highest BCUT2D eigenvalue weighted by Crippen LogP contribution is 2.32. The Bertz CT molecular complexity index is 915. The topological polar surface area (TPSA) is 103 Å². The van der Waals surface area contributed by atoms with Gasteiger partial charge in [0.1, 0.15) is 0 Å². The third-order valence-corrected chi connectivity index (χ3v) is 4.53. The standard InChI is InChI=1S/C22H24N2O6/c1-14(22(27)23-12-16-8-9-19-20(10-16)29-13-28-19)30-21(26)11-18(24-15(2)25)17-6-4-3-5-7-17/h3-10,14,18H,11-13H2,1-2H3,(H,23,27)(H,24,25)/t14-,18+/m0/s1. The van der Waals surface area contributed by atoms with Crippen molar-refractivity contribution in [3.05, 3.63) is 59.7 Å². The van der Waals surface area contributed by atoms with Gasteiger partial charge in [-0.15, -0.1) is 0 Å². The van der Waals surface area contributed by atoms with Crippen LogP contribution in [-0.4, -0.2) is 30.7 Å². The molecule has 2 atom stereocenters. The van der Waals surface area contributed by atoms with Gasteiger partial charge in [0.25, 0.3) is 5.91 Å². The lowest BCUT2D eigenvalue weighted by Crippen LogP contribution is -2.36. The molecule has 0 aliphatic carbocycles. The van der Waals surface area contributed by atoms with Crippen LogP contribution in [0.5, 0.6) is 11.5 Å². The van der Waals surface area contributed by atoms with E-state index in [0.29, 0.717) is 11.5 Å². The molecule has 0 aromatic heterocycles. The second-order valence-electron chi connectivity index (χ2n) is 6.91. The molecule has 0 radical (unpaired) electrons. The molecular weight excluding hydrogens is 388 g/mol. The average Bonchev–Trinajstić information content (AvgIpc) is 3.19. The van der Waals surface area contributed by atoms with Gasteiger partial charge in [0.2, 0.25) is 12.7 Å². The number of hydrogen-bond donors (Lipinski definition) is 2. The molecule has 1 aliphatic rings. The Morgan fingerprint density at radius 1 is 1.07 bits per heavy atom. The number of carbonyl (C=O) groups is 3. The summed E-state index contributed by atoms with van der Waals surface area (Å²) in [6.45, 7) is 3.33. The van der Waals surface area contributed by atoms with Crippen molar-refractivity contribution < 1.29 is 28.6 Å². The zero-order chi connectivity index (χ0) is 21.5. The number of amides is 2. The maximum atomic E-state index is 12.3. The Balaban J connectivity index is 1.51. The normalized spacial score (nSPS) is 13.8. The predicted octanol–water partition coefficient (Wildman–Crippen LogP) is 2.23. The monoisotopic (exact) mass is 412 g/mol. The molecular formula is C22H24N2O6. The largest absolute Gasteiger partial charge is 0.454 e. The SMILES string of the molecule is CC(=O)N[C@H](CC(=O)O[C@@H](C)C(=O)NCc1ccc2c(c1)OCO2)c1ccccc1. The molecule has 2 aromatic carbocycles. The maximum absolute atomic E-state index is 12.3. The van der Waals surface area contributed by atoms with Gasteiger partial charge in [0, 0.05) is 13.5 Å². The molecule has 0 fully saturated rings. The van der Waals surface area contributed by atoms with E-state index >= 15 is 0 Å². The molecule has 0 saturated carbocycles. The molecule has 2 amide bonds. The summed E-state index contributed by atoms with van der Waals surface area (Å²) in [7, 11) is 0. The van der Waals surface area contributed by atoms with E-state index in [1.54, 1.807) is 12.1 Å². The lowest BCUT2D eigenvalue weighted by molar-refractivity contribution is -0.155. The molecule has 8 nitrogen and oxygen atoms in total. The van der Waals surface area contributed by atoms with E-state index in [1.165, 1.54) is 13.8 Å². The van der Waals surface area contributed by atoms with Gasteiger partial charge in [0.15, 0.2) is 17.6 Å². The minimum absolute atomic E-state index is 0.0800. The third kappa shape index (κ3) is 5.73. The van der Waals surface area contributed by atoms with Crippen molar-refractivity contribution in [3.63, 3.8) is 0 Å². The van der Waals surface area contributed by atoms with Crippen LogP contribution >= 0.6 is 0 Å². The summed E-state index contributed by atoms with van der Waals surface area (Å²) in [4.78, 5) is 36.1. The van der Waals surface area contributed by atoms with Gasteiger partial charge in [0.05, 0.1) is 12.5 Å². The molecule has 2 aromatic rings. The van der Waals surface area contributed by atoms with Crippen molar-refractivity contribution >= 4 is 17.8 Å². The summed E-state index contributed by atoms with van der Waals surface area (Å²) < 4.78 is 15.8. The van der Waals surface area contributed by atoms with Crippen molar-refractivity contribution in [2.75, 3.05) is 6.79 Å². The lowest BCUT2D eigenvalue weighted by Gasteiger charge is -2.19. The van der Waals surface area contributed by atoms with Gasteiger partial charge in [-0.3, -0.25) is 14.4 Å². The van der Waals surface area contributed by atoms with Crippen LogP contribution in [-0.2, 0) is 25.7 Å². The van der Waals surface area contributed by atoms with E-state index in [1.807, 2.05) is 36.4 Å². The van der Waals surface area contributed by atoms with Gasteiger partial charge in [-0.2, -0.15) is 0 Å². The number of ether oxygens (including phenoxy) is 3. The van der Waals surface area contributed by atoms with E-state index in [0.717, 1.165) is 11.1 Å². The first-order valence-electron chi connectivity index (χ1n) is 9.60. The van der Waals surface area contributed by atoms with Gasteiger partial charge >= 0.3 is 5.97 Å². The molecule has 3 rings (SSSR count). The fourth-order valence-electron chi connectivity index (χ4n) is 3.03. The summed E-state index contributed by atoms with van der Waals surface area (Å²) in [5, 5.41) is 5.46. The number of carbonyl (C=O) groups excluding carboxylic acids is 3. The summed E-state index contributed by atoms with van der Waals surface area (Å²) in [6.07, 6.45) is -1.05. The van der Waals surface area contributed by atoms with E-state index in [9.17, 15) is 14.4 Å². The van der Waals surface area contributed by atoms with Crippen molar-refractivity contribution in [2.45, 2.75) is 39.0 Å². The Kier molecular flexibility index (Phi) is 6.90. The summed E-state index contributed by atoms with van der Waals surface area (Å²) in [6, 6.07) is 14.0. The molecule has 1 aliphatic heterocycles. The maximum Gasteiger partial charge on any atom is 0.309 e. The average molecular weight is 412 g/mol. The highest BCUT2D eigenvalue weighted by atomic mass is 16.7. The molecule has 30 heavy (non-hydrogen) atoms. The van der Waals surface area contributed by atoms with Crippen LogP contribution in [0.3, 0.4) is 0 Å². The highest BCUT2D eigenvalue weighted by molar-refractivity contribution is 5.83. The molecule has 0 spiro atoms. The fraction of sp³-hybridized carbons (Fsp3) is 0.318. The quantitative estimate of drug-likeness (QED) is 0.645. The first-order valence-corrected chi connectivity index (χ1v) is 9.60. The lowest BCUT2D eigenvalue weighted by atomic mass is 10.0. The fourth-order valence-corrected chi connectivity index (χ4v) is 3.03. The smallest absolute Gasteiger partial charge is 0.309 e. The summed E-state index contributed by atoms with van der Waals surface area (Å²) >= 11 is 0. The number of esters is 1. The van der Waals surface area contributed by atoms with Gasteiger partial charge in [-0.1, -0.05) is 36.4 Å². The molecule has 0 bridgehead atoms. The first-order chi connectivity index (χ1) is 14.4. The van der Waals surface area contributed by atoms with Crippen molar-refractivity contribution in [1.82, 2.24) is 10.6 Å². The number of rotatable bonds is 8. The van der Waals surface area contributed by atoms with E-state index in [2.05, 4.69) is 10.6 Å². The van der Waals surface area contributed by atoms with Crippen LogP contribution in [0, 0.1) is 0 Å². The van der Waals surface area contributed by atoms with Crippen LogP contribution in [0.2, 0.25) is 0 Å². The second-order valence-corrected chi connectivity index (χ2v) is 6.91. The highest BCUT2D eigenvalue weighted by Gasteiger charge is 2.22. The van der Waals surface area contributed by atoms with Crippen LogP contribution in [0.1, 0.15) is 37.4 Å². The van der Waals surface area contributed by atoms with Crippen LogP contribution in [0.4, 0.5) is 0 Å². The Morgan fingerprint density at radius 2 is 1.80 bits per heavy atom. The first kappa shape index (κ1) is 21.2. The number of hydrogen-bond acceptors (Lipinski definition) is 6. The minimum Gasteiger partial charge on any atom is -0.454 e. The number of fused-ring (bicyclic) bond motifs is 1. The van der Waals surface area contributed by atoms with Crippen molar-refractivity contribution in [1.29, 1.82) is 0 Å². The summed E-state index contributed by atoms with van der Waals surface area (Å²) in [5.74, 6) is 0.0389. The van der Waals surface area contributed by atoms with E-state index < -0.39 is 24.0 Å². The van der Waals surface area contributed by atoms with Gasteiger partial charge < -0.3 is 24.8 Å². The zero-order valence-corrected chi connectivity index (χ0v) is 16.8. The molecule has 0 unspecified atom stereocenters.